The first-order valence-corrected chi connectivity index (χ1v) is 6.24. The van der Waals surface area contributed by atoms with Crippen LogP contribution >= 0.6 is 15.9 Å². The molecule has 0 amide bonds. The minimum atomic E-state index is -4.67. The molecule has 3 nitrogen and oxygen atoms in total. The van der Waals surface area contributed by atoms with Crippen molar-refractivity contribution < 1.29 is 17.9 Å². The molecule has 1 aliphatic heterocycles. The number of piperazine rings is 1. The molecule has 0 radical (unpaired) electrons. The van der Waals surface area contributed by atoms with Crippen LogP contribution in [0.1, 0.15) is 11.6 Å². The van der Waals surface area contributed by atoms with Crippen molar-refractivity contribution in [1.82, 2.24) is 10.6 Å². The zero-order valence-corrected chi connectivity index (χ0v) is 10.9. The first-order chi connectivity index (χ1) is 8.44. The summed E-state index contributed by atoms with van der Waals surface area (Å²) in [5, 5.41) is 6.41. The number of hydrogen-bond acceptors (Lipinski definition) is 3. The average Bonchev–Trinajstić information content (AvgIpc) is 2.27. The maximum Gasteiger partial charge on any atom is 0.573 e. The molecule has 0 unspecified atom stereocenters. The maximum absolute atomic E-state index is 12.2. The van der Waals surface area contributed by atoms with Crippen molar-refractivity contribution in [2.24, 2.45) is 0 Å². The van der Waals surface area contributed by atoms with Crippen LogP contribution in [0.4, 0.5) is 13.2 Å². The standard InChI is InChI=1S/C11H12BrF3N2O/c12-8-3-7(10-6-16-1-2-17-10)4-9(5-8)18-11(13,14)15/h3-5,10,16-17H,1-2,6H2/t10-/m1/s1. The molecular formula is C11H12BrF3N2O. The van der Waals surface area contributed by atoms with Gasteiger partial charge in [0.1, 0.15) is 5.75 Å². The van der Waals surface area contributed by atoms with Gasteiger partial charge in [0.15, 0.2) is 0 Å². The monoisotopic (exact) mass is 324 g/mol. The predicted molar refractivity (Wildman–Crippen MR) is 64.4 cm³/mol. The Kier molecular flexibility index (Phi) is 4.14. The Hall–Kier alpha value is -0.790. The van der Waals surface area contributed by atoms with E-state index in [0.717, 1.165) is 18.7 Å². The minimum Gasteiger partial charge on any atom is -0.406 e. The Bertz CT molecular complexity index is 419. The maximum atomic E-state index is 12.2. The zero-order chi connectivity index (χ0) is 13.2. The third kappa shape index (κ3) is 3.86. The molecule has 0 saturated carbocycles. The lowest BCUT2D eigenvalue weighted by Gasteiger charge is -2.25. The summed E-state index contributed by atoms with van der Waals surface area (Å²) < 4.78 is 41.0. The fourth-order valence-corrected chi connectivity index (χ4v) is 2.36. The lowest BCUT2D eigenvalue weighted by atomic mass is 10.1. The van der Waals surface area contributed by atoms with E-state index in [1.165, 1.54) is 12.1 Å². The van der Waals surface area contributed by atoms with Gasteiger partial charge in [-0.15, -0.1) is 13.2 Å². The summed E-state index contributed by atoms with van der Waals surface area (Å²) in [5.41, 5.74) is 0.760. The van der Waals surface area contributed by atoms with Crippen LogP contribution in [0.5, 0.6) is 5.75 Å². The van der Waals surface area contributed by atoms with Gasteiger partial charge in [-0.3, -0.25) is 0 Å². The quantitative estimate of drug-likeness (QED) is 0.877. The largest absolute Gasteiger partial charge is 0.573 e. The van der Waals surface area contributed by atoms with Gasteiger partial charge in [-0.1, -0.05) is 15.9 Å². The van der Waals surface area contributed by atoms with E-state index >= 15 is 0 Å². The molecule has 0 bridgehead atoms. The molecule has 1 aliphatic rings. The second-order valence-electron chi connectivity index (χ2n) is 3.98. The third-order valence-electron chi connectivity index (χ3n) is 2.57. The second kappa shape index (κ2) is 5.46. The number of ether oxygens (including phenoxy) is 1. The van der Waals surface area contributed by atoms with Crippen LogP contribution in [-0.4, -0.2) is 26.0 Å². The predicted octanol–water partition coefficient (Wildman–Crippen LogP) is 2.58. The Morgan fingerprint density at radius 2 is 2.00 bits per heavy atom. The fourth-order valence-electron chi connectivity index (χ4n) is 1.87. The number of halogens is 4. The van der Waals surface area contributed by atoms with Crippen molar-refractivity contribution in [3.63, 3.8) is 0 Å². The highest BCUT2D eigenvalue weighted by atomic mass is 79.9. The molecule has 1 saturated heterocycles. The normalized spacial score (nSPS) is 20.8. The van der Waals surface area contributed by atoms with Gasteiger partial charge in [-0.25, -0.2) is 0 Å². The summed E-state index contributed by atoms with van der Waals surface area (Å²) in [7, 11) is 0. The van der Waals surface area contributed by atoms with Crippen LogP contribution in [0.2, 0.25) is 0 Å². The number of hydrogen-bond donors (Lipinski definition) is 2. The lowest BCUT2D eigenvalue weighted by molar-refractivity contribution is -0.274. The summed E-state index contributed by atoms with van der Waals surface area (Å²) in [6, 6.07) is 4.48. The molecule has 0 aliphatic carbocycles. The Balaban J connectivity index is 2.20. The number of alkyl halides is 3. The van der Waals surface area contributed by atoms with Crippen molar-refractivity contribution in [2.45, 2.75) is 12.4 Å². The number of benzene rings is 1. The topological polar surface area (TPSA) is 33.3 Å². The van der Waals surface area contributed by atoms with Crippen LogP contribution < -0.4 is 15.4 Å². The van der Waals surface area contributed by atoms with Gasteiger partial charge in [0, 0.05) is 30.1 Å². The van der Waals surface area contributed by atoms with E-state index in [-0.39, 0.29) is 11.8 Å². The number of nitrogens with one attached hydrogen (secondary N) is 2. The van der Waals surface area contributed by atoms with Crippen LogP contribution in [0.25, 0.3) is 0 Å². The molecule has 1 aromatic rings. The first kappa shape index (κ1) is 13.6. The van der Waals surface area contributed by atoms with E-state index in [1.807, 2.05) is 0 Å². The molecule has 1 fully saturated rings. The van der Waals surface area contributed by atoms with Crippen LogP contribution in [0, 0.1) is 0 Å². The molecule has 1 atom stereocenters. The van der Waals surface area contributed by atoms with Gasteiger partial charge in [0.05, 0.1) is 0 Å². The van der Waals surface area contributed by atoms with Crippen molar-refractivity contribution in [3.8, 4) is 5.75 Å². The van der Waals surface area contributed by atoms with Gasteiger partial charge in [-0.2, -0.15) is 0 Å². The van der Waals surface area contributed by atoms with E-state index < -0.39 is 6.36 Å². The summed E-state index contributed by atoms with van der Waals surface area (Å²) in [4.78, 5) is 0. The molecule has 1 heterocycles. The van der Waals surface area contributed by atoms with E-state index in [0.29, 0.717) is 11.0 Å². The average molecular weight is 325 g/mol. The molecule has 0 spiro atoms. The Morgan fingerprint density at radius 3 is 2.61 bits per heavy atom. The molecular weight excluding hydrogens is 313 g/mol. The second-order valence-corrected chi connectivity index (χ2v) is 4.89. The summed E-state index contributed by atoms with van der Waals surface area (Å²) >= 11 is 3.19. The molecule has 2 N–H and O–H groups in total. The van der Waals surface area contributed by atoms with Gasteiger partial charge in [0.2, 0.25) is 0 Å². The SMILES string of the molecule is FC(F)(F)Oc1cc(Br)cc([C@H]2CNCCN2)c1. The molecule has 2 rings (SSSR count). The van der Waals surface area contributed by atoms with Crippen molar-refractivity contribution in [1.29, 1.82) is 0 Å². The highest BCUT2D eigenvalue weighted by Gasteiger charge is 2.31. The summed E-state index contributed by atoms with van der Waals surface area (Å²) in [5.74, 6) is -0.209. The zero-order valence-electron chi connectivity index (χ0n) is 9.35. The van der Waals surface area contributed by atoms with Gasteiger partial charge >= 0.3 is 6.36 Å². The molecule has 7 heteroatoms. The van der Waals surface area contributed by atoms with E-state index in [9.17, 15) is 13.2 Å². The van der Waals surface area contributed by atoms with E-state index in [1.54, 1.807) is 6.07 Å². The lowest BCUT2D eigenvalue weighted by Crippen LogP contribution is -2.42. The Labute approximate surface area is 111 Å². The van der Waals surface area contributed by atoms with Gasteiger partial charge in [0.25, 0.3) is 0 Å². The number of rotatable bonds is 2. The van der Waals surface area contributed by atoms with E-state index in [4.69, 9.17) is 0 Å². The van der Waals surface area contributed by atoms with Gasteiger partial charge in [-0.05, 0) is 23.8 Å². The molecule has 100 valence electrons. The Morgan fingerprint density at radius 1 is 1.22 bits per heavy atom. The minimum absolute atomic E-state index is 0.00756. The van der Waals surface area contributed by atoms with E-state index in [2.05, 4.69) is 31.3 Å². The van der Waals surface area contributed by atoms with Crippen LogP contribution in [0.3, 0.4) is 0 Å². The summed E-state index contributed by atoms with van der Waals surface area (Å²) in [6.07, 6.45) is -4.67. The highest BCUT2D eigenvalue weighted by molar-refractivity contribution is 9.10. The van der Waals surface area contributed by atoms with Crippen LogP contribution in [0.15, 0.2) is 22.7 Å². The fraction of sp³-hybridized carbons (Fsp3) is 0.455. The highest BCUT2D eigenvalue weighted by Crippen LogP contribution is 2.29. The van der Waals surface area contributed by atoms with Gasteiger partial charge < -0.3 is 15.4 Å². The third-order valence-corrected chi connectivity index (χ3v) is 3.03. The molecule has 18 heavy (non-hydrogen) atoms. The first-order valence-electron chi connectivity index (χ1n) is 5.44. The molecule has 0 aromatic heterocycles. The van der Waals surface area contributed by atoms with Crippen molar-refractivity contribution in [3.05, 3.63) is 28.2 Å². The smallest absolute Gasteiger partial charge is 0.406 e. The molecule has 1 aromatic carbocycles. The van der Waals surface area contributed by atoms with Crippen molar-refractivity contribution >= 4 is 15.9 Å². The summed E-state index contributed by atoms with van der Waals surface area (Å²) in [6.45, 7) is 2.32. The van der Waals surface area contributed by atoms with Crippen LogP contribution in [-0.2, 0) is 0 Å². The van der Waals surface area contributed by atoms with Crippen molar-refractivity contribution in [2.75, 3.05) is 19.6 Å².